The summed E-state index contributed by atoms with van der Waals surface area (Å²) in [6, 6.07) is 9.62. The van der Waals surface area contributed by atoms with Crippen molar-refractivity contribution in [1.29, 1.82) is 0 Å². The lowest BCUT2D eigenvalue weighted by molar-refractivity contribution is -0.126. The van der Waals surface area contributed by atoms with Crippen molar-refractivity contribution in [2.75, 3.05) is 32.9 Å². The van der Waals surface area contributed by atoms with Gasteiger partial charge in [0.05, 0.1) is 25.1 Å². The molecule has 0 saturated heterocycles. The maximum absolute atomic E-state index is 12.6. The van der Waals surface area contributed by atoms with E-state index in [1.807, 2.05) is 48.0 Å². The van der Waals surface area contributed by atoms with E-state index in [-0.39, 0.29) is 19.1 Å². The third-order valence-corrected chi connectivity index (χ3v) is 12.5. The lowest BCUT2D eigenvalue weighted by Gasteiger charge is -2.54. The monoisotopic (exact) mass is 726 g/mol. The first-order chi connectivity index (χ1) is 25.5. The molecule has 4 bridgehead atoms. The van der Waals surface area contributed by atoms with Crippen LogP contribution in [0.4, 0.5) is 4.79 Å². The van der Waals surface area contributed by atoms with Gasteiger partial charge in [-0.3, -0.25) is 14.3 Å². The molecule has 5 aliphatic carbocycles. The molecule has 5 fully saturated rings. The first kappa shape index (κ1) is 36.3. The Morgan fingerprint density at radius 2 is 1.75 bits per heavy atom. The predicted octanol–water partition coefficient (Wildman–Crippen LogP) is 6.26. The van der Waals surface area contributed by atoms with Crippen LogP contribution in [0.15, 0.2) is 47.9 Å². The van der Waals surface area contributed by atoms with Gasteiger partial charge in [-0.15, -0.1) is 10.2 Å². The van der Waals surface area contributed by atoms with E-state index in [1.165, 1.54) is 57.8 Å². The number of aryl methyl sites for hydroxylation is 1. The summed E-state index contributed by atoms with van der Waals surface area (Å²) in [6.45, 7) is 3.72. The second-order valence-corrected chi connectivity index (χ2v) is 16.1. The number of nitrogens with one attached hydrogen (secondary N) is 2. The van der Waals surface area contributed by atoms with Crippen molar-refractivity contribution in [3.05, 3.63) is 59.7 Å². The van der Waals surface area contributed by atoms with E-state index in [9.17, 15) is 9.59 Å². The molecule has 52 heavy (non-hydrogen) atoms. The summed E-state index contributed by atoms with van der Waals surface area (Å²) < 4.78 is 19.0. The summed E-state index contributed by atoms with van der Waals surface area (Å²) in [5.41, 5.74) is 2.68. The lowest BCUT2D eigenvalue weighted by Crippen LogP contribution is -2.46. The highest BCUT2D eigenvalue weighted by Gasteiger charge is 2.48. The third-order valence-electron chi connectivity index (χ3n) is 11.2. The van der Waals surface area contributed by atoms with Crippen LogP contribution in [-0.2, 0) is 20.9 Å². The standard InChI is InChI=1S/C40H50N6O5S/c1-27-18-34(51-26-37-44-45-39(52-35-8-2-3-9-35)46(37)33-7-4-12-41-25-33)11-10-30(27)6-5-15-50-40(48)43-14-17-49-16-13-42-38(47)24-36-31-20-28-19-29(22-31)23-32(36)21-28/h4,7,10-12,18,25,28-29,31-32,35-36H,2-3,8-9,13-17,19-24,26H2,1H3,(H,42,47)(H,43,48)/t28-,29+,31-,32?,36?. The van der Waals surface area contributed by atoms with Crippen molar-refractivity contribution in [3.8, 4) is 23.3 Å². The third kappa shape index (κ3) is 9.47. The number of rotatable bonds is 15. The molecular formula is C40H50N6O5S. The first-order valence-electron chi connectivity index (χ1n) is 19.0. The van der Waals surface area contributed by atoms with Crippen LogP contribution in [0.2, 0.25) is 0 Å². The van der Waals surface area contributed by atoms with Gasteiger partial charge < -0.3 is 24.8 Å². The average molecular weight is 727 g/mol. The molecule has 12 heteroatoms. The van der Waals surface area contributed by atoms with Gasteiger partial charge in [0.25, 0.3) is 0 Å². The highest BCUT2D eigenvalue weighted by atomic mass is 32.2. The van der Waals surface area contributed by atoms with Crippen LogP contribution in [0.3, 0.4) is 0 Å². The molecule has 0 aliphatic heterocycles. The lowest BCUT2D eigenvalue weighted by atomic mass is 9.51. The van der Waals surface area contributed by atoms with Crippen molar-refractivity contribution in [1.82, 2.24) is 30.4 Å². The number of alkyl carbamates (subject to hydrolysis) is 1. The molecule has 2 aromatic heterocycles. The van der Waals surface area contributed by atoms with Crippen LogP contribution < -0.4 is 15.4 Å². The molecule has 8 rings (SSSR count). The molecule has 5 saturated carbocycles. The van der Waals surface area contributed by atoms with Crippen molar-refractivity contribution in [2.45, 2.75) is 88.1 Å². The Kier molecular flexibility index (Phi) is 12.3. The van der Waals surface area contributed by atoms with Gasteiger partial charge in [0.15, 0.2) is 17.6 Å². The number of hydrogen-bond acceptors (Lipinski definition) is 9. The Labute approximate surface area is 310 Å². The van der Waals surface area contributed by atoms with Crippen molar-refractivity contribution >= 4 is 23.8 Å². The number of amides is 2. The molecule has 5 aliphatic rings. The van der Waals surface area contributed by atoms with Gasteiger partial charge in [-0.25, -0.2) is 4.79 Å². The van der Waals surface area contributed by atoms with Gasteiger partial charge >= 0.3 is 6.09 Å². The fourth-order valence-corrected chi connectivity index (χ4v) is 10.2. The summed E-state index contributed by atoms with van der Waals surface area (Å²) in [4.78, 5) is 29.0. The summed E-state index contributed by atoms with van der Waals surface area (Å²) >= 11 is 1.78. The zero-order chi connectivity index (χ0) is 35.7. The van der Waals surface area contributed by atoms with Crippen LogP contribution in [0.1, 0.15) is 81.2 Å². The van der Waals surface area contributed by atoms with Crippen molar-refractivity contribution in [3.63, 3.8) is 0 Å². The van der Waals surface area contributed by atoms with E-state index in [2.05, 4.69) is 37.7 Å². The summed E-state index contributed by atoms with van der Waals surface area (Å²) in [7, 11) is 0. The number of ether oxygens (including phenoxy) is 3. The molecule has 3 aromatic rings. The van der Waals surface area contributed by atoms with E-state index in [1.54, 1.807) is 18.0 Å². The van der Waals surface area contributed by atoms with E-state index in [0.717, 1.165) is 45.6 Å². The second-order valence-electron chi connectivity index (χ2n) is 14.8. The Bertz CT molecular complexity index is 1700. The fraction of sp³-hybridized carbons (Fsp3) is 0.575. The fourth-order valence-electron chi connectivity index (χ4n) is 8.92. The Morgan fingerprint density at radius 3 is 2.48 bits per heavy atom. The van der Waals surface area contributed by atoms with E-state index < -0.39 is 6.09 Å². The average Bonchev–Trinajstić information content (AvgIpc) is 3.81. The van der Waals surface area contributed by atoms with Gasteiger partial charge in [0, 0.05) is 36.5 Å². The number of pyridine rings is 1. The van der Waals surface area contributed by atoms with Crippen LogP contribution in [-0.4, -0.2) is 69.9 Å². The van der Waals surface area contributed by atoms with Gasteiger partial charge in [-0.05, 0) is 117 Å². The molecule has 11 nitrogen and oxygen atoms in total. The number of thioether (sulfide) groups is 1. The Hall–Kier alpha value is -4.08. The van der Waals surface area contributed by atoms with Gasteiger partial charge in [-0.1, -0.05) is 36.4 Å². The minimum Gasteiger partial charge on any atom is -0.486 e. The van der Waals surface area contributed by atoms with Gasteiger partial charge in [-0.2, -0.15) is 0 Å². The van der Waals surface area contributed by atoms with Gasteiger partial charge in [0.1, 0.15) is 12.4 Å². The van der Waals surface area contributed by atoms with Crippen LogP contribution in [0.5, 0.6) is 5.75 Å². The molecule has 0 unspecified atom stereocenters. The smallest absolute Gasteiger partial charge is 0.408 e. The SMILES string of the molecule is Cc1cc(OCc2nnc(SC3CCCC3)n2-c2cccnc2)ccc1C#CCOC(=O)NCCOCCNC(=O)CC1C2C[C@H]3C[C@@H](C2)C[C@@H]1C3. The number of benzene rings is 1. The highest BCUT2D eigenvalue weighted by molar-refractivity contribution is 7.99. The maximum Gasteiger partial charge on any atom is 0.408 e. The summed E-state index contributed by atoms with van der Waals surface area (Å²) in [5, 5.41) is 16.1. The molecule has 1 aromatic carbocycles. The molecule has 276 valence electrons. The highest BCUT2D eigenvalue weighted by Crippen LogP contribution is 2.57. The quantitative estimate of drug-likeness (QED) is 0.138. The van der Waals surface area contributed by atoms with E-state index in [0.29, 0.717) is 55.5 Å². The minimum absolute atomic E-state index is 0.0361. The Morgan fingerprint density at radius 1 is 0.981 bits per heavy atom. The number of aromatic nitrogens is 4. The summed E-state index contributed by atoms with van der Waals surface area (Å²) in [5.74, 6) is 11.5. The molecule has 0 atom stereocenters. The number of hydrogen-bond donors (Lipinski definition) is 2. The first-order valence-corrected chi connectivity index (χ1v) is 19.8. The maximum atomic E-state index is 12.6. The zero-order valence-corrected chi connectivity index (χ0v) is 30.9. The van der Waals surface area contributed by atoms with E-state index in [4.69, 9.17) is 14.2 Å². The van der Waals surface area contributed by atoms with E-state index >= 15 is 0 Å². The van der Waals surface area contributed by atoms with Crippen molar-refractivity contribution in [2.24, 2.45) is 29.6 Å². The Balaban J connectivity index is 0.775. The number of carbonyl (C=O) groups excluding carboxylic acids is 2. The number of nitrogens with zero attached hydrogens (tertiary/aromatic N) is 4. The molecule has 2 amide bonds. The molecule has 0 spiro atoms. The molecule has 0 radical (unpaired) electrons. The largest absolute Gasteiger partial charge is 0.486 e. The minimum atomic E-state index is -0.550. The van der Waals surface area contributed by atoms with Gasteiger partial charge in [0.2, 0.25) is 5.91 Å². The summed E-state index contributed by atoms with van der Waals surface area (Å²) in [6.07, 6.45) is 15.4. The normalized spacial score (nSPS) is 23.2. The number of carbonyl (C=O) groups is 2. The second kappa shape index (κ2) is 17.6. The predicted molar refractivity (Wildman–Crippen MR) is 198 cm³/mol. The molecule has 2 N–H and O–H groups in total. The van der Waals surface area contributed by atoms with Crippen molar-refractivity contribution < 1.29 is 23.8 Å². The molecule has 2 heterocycles. The zero-order valence-electron chi connectivity index (χ0n) is 30.1. The topological polar surface area (TPSA) is 129 Å². The van der Waals surface area contributed by atoms with Crippen LogP contribution in [0, 0.1) is 48.4 Å². The van der Waals surface area contributed by atoms with Crippen LogP contribution in [0.25, 0.3) is 5.69 Å². The van der Waals surface area contributed by atoms with Crippen LogP contribution >= 0.6 is 11.8 Å². The molecular weight excluding hydrogens is 677 g/mol.